The standard InChI is InChI=1S/C16H17NO4S2/c1-10-13(8-14(18)20-2)23-16(17-10)22-9-11-4-6-12(7-5-11)15(19)21-3/h4-7H,8-9H2,1-3H3. The molecule has 0 spiro atoms. The van der Waals surface area contributed by atoms with E-state index in [1.807, 2.05) is 19.1 Å². The van der Waals surface area contributed by atoms with E-state index in [9.17, 15) is 9.59 Å². The van der Waals surface area contributed by atoms with Gasteiger partial charge in [0.25, 0.3) is 0 Å². The lowest BCUT2D eigenvalue weighted by atomic mass is 10.1. The summed E-state index contributed by atoms with van der Waals surface area (Å²) in [5.41, 5.74) is 2.49. The molecule has 7 heteroatoms. The molecule has 1 heterocycles. The van der Waals surface area contributed by atoms with Crippen molar-refractivity contribution in [1.82, 2.24) is 4.98 Å². The normalized spacial score (nSPS) is 10.4. The Hall–Kier alpha value is -1.86. The molecule has 0 aliphatic carbocycles. The van der Waals surface area contributed by atoms with Crippen molar-refractivity contribution in [2.75, 3.05) is 14.2 Å². The zero-order chi connectivity index (χ0) is 16.8. The highest BCUT2D eigenvalue weighted by atomic mass is 32.2. The molecule has 0 atom stereocenters. The molecular weight excluding hydrogens is 334 g/mol. The van der Waals surface area contributed by atoms with Crippen LogP contribution in [0.2, 0.25) is 0 Å². The molecule has 1 aromatic heterocycles. The molecule has 0 saturated carbocycles. The van der Waals surface area contributed by atoms with Crippen LogP contribution >= 0.6 is 23.1 Å². The van der Waals surface area contributed by atoms with Gasteiger partial charge in [0, 0.05) is 10.6 Å². The number of benzene rings is 1. The number of nitrogens with zero attached hydrogens (tertiary/aromatic N) is 1. The van der Waals surface area contributed by atoms with Gasteiger partial charge in [0.2, 0.25) is 0 Å². The quantitative estimate of drug-likeness (QED) is 0.588. The van der Waals surface area contributed by atoms with Gasteiger partial charge >= 0.3 is 11.9 Å². The van der Waals surface area contributed by atoms with Crippen molar-refractivity contribution in [1.29, 1.82) is 0 Å². The first-order valence-corrected chi connectivity index (χ1v) is 8.67. The van der Waals surface area contributed by atoms with Gasteiger partial charge in [-0.1, -0.05) is 23.9 Å². The summed E-state index contributed by atoms with van der Waals surface area (Å²) in [4.78, 5) is 28.1. The maximum Gasteiger partial charge on any atom is 0.337 e. The van der Waals surface area contributed by atoms with Crippen molar-refractivity contribution in [3.63, 3.8) is 0 Å². The molecule has 122 valence electrons. The highest BCUT2D eigenvalue weighted by Crippen LogP contribution is 2.30. The first-order chi connectivity index (χ1) is 11.0. The van der Waals surface area contributed by atoms with Crippen LogP contribution in [-0.4, -0.2) is 31.1 Å². The number of methoxy groups -OCH3 is 2. The molecule has 1 aromatic carbocycles. The molecule has 23 heavy (non-hydrogen) atoms. The molecule has 2 aromatic rings. The third kappa shape index (κ3) is 4.80. The minimum absolute atomic E-state index is 0.258. The second-order valence-corrected chi connectivity index (χ2v) is 7.02. The Morgan fingerprint density at radius 1 is 1.17 bits per heavy atom. The maximum atomic E-state index is 11.4. The number of thiazole rings is 1. The topological polar surface area (TPSA) is 65.5 Å². The lowest BCUT2D eigenvalue weighted by Crippen LogP contribution is -2.03. The number of carbonyl (C=O) groups is 2. The van der Waals surface area contributed by atoms with Crippen LogP contribution in [0.3, 0.4) is 0 Å². The SMILES string of the molecule is COC(=O)Cc1sc(SCc2ccc(C(=O)OC)cc2)nc1C. The largest absolute Gasteiger partial charge is 0.469 e. The van der Waals surface area contributed by atoms with Crippen molar-refractivity contribution < 1.29 is 19.1 Å². The Kier molecular flexibility index (Phi) is 6.18. The van der Waals surface area contributed by atoms with Gasteiger partial charge in [0.1, 0.15) is 0 Å². The Bertz CT molecular complexity index is 695. The van der Waals surface area contributed by atoms with Crippen LogP contribution in [-0.2, 0) is 26.4 Å². The molecule has 2 rings (SSSR count). The number of esters is 2. The fraction of sp³-hybridized carbons (Fsp3) is 0.312. The monoisotopic (exact) mass is 351 g/mol. The molecule has 5 nitrogen and oxygen atoms in total. The van der Waals surface area contributed by atoms with Crippen LogP contribution in [0.4, 0.5) is 0 Å². The number of thioether (sulfide) groups is 1. The molecule has 0 fully saturated rings. The summed E-state index contributed by atoms with van der Waals surface area (Å²) in [7, 11) is 2.75. The van der Waals surface area contributed by atoms with Gasteiger partial charge in [-0.25, -0.2) is 9.78 Å². The number of carbonyl (C=O) groups excluding carboxylic acids is 2. The average Bonchev–Trinajstić information content (AvgIpc) is 2.92. The van der Waals surface area contributed by atoms with Gasteiger partial charge in [-0.05, 0) is 24.6 Å². The van der Waals surface area contributed by atoms with E-state index >= 15 is 0 Å². The molecule has 0 amide bonds. The summed E-state index contributed by atoms with van der Waals surface area (Å²) >= 11 is 3.11. The van der Waals surface area contributed by atoms with Crippen LogP contribution in [0.15, 0.2) is 28.6 Å². The third-order valence-electron chi connectivity index (χ3n) is 3.14. The minimum atomic E-state index is -0.341. The lowest BCUT2D eigenvalue weighted by molar-refractivity contribution is -0.139. The second-order valence-electron chi connectivity index (χ2n) is 4.72. The molecular formula is C16H17NO4S2. The molecule has 0 aliphatic rings. The van der Waals surface area contributed by atoms with Crippen molar-refractivity contribution in [2.45, 2.75) is 23.4 Å². The summed E-state index contributed by atoms with van der Waals surface area (Å²) in [5.74, 6) is 0.144. The average molecular weight is 351 g/mol. The number of hydrogen-bond acceptors (Lipinski definition) is 7. The van der Waals surface area contributed by atoms with Crippen LogP contribution in [0.1, 0.15) is 26.5 Å². The van der Waals surface area contributed by atoms with E-state index in [2.05, 4.69) is 14.5 Å². The second kappa shape index (κ2) is 8.12. The Morgan fingerprint density at radius 3 is 2.48 bits per heavy atom. The smallest absolute Gasteiger partial charge is 0.337 e. The van der Waals surface area contributed by atoms with E-state index in [4.69, 9.17) is 0 Å². The van der Waals surface area contributed by atoms with Gasteiger partial charge in [-0.2, -0.15) is 0 Å². The van der Waals surface area contributed by atoms with Gasteiger partial charge in [-0.3, -0.25) is 4.79 Å². The summed E-state index contributed by atoms with van der Waals surface area (Å²) < 4.78 is 10.3. The van der Waals surface area contributed by atoms with E-state index in [1.165, 1.54) is 25.6 Å². The van der Waals surface area contributed by atoms with Crippen LogP contribution in [0, 0.1) is 6.92 Å². The highest BCUT2D eigenvalue weighted by Gasteiger charge is 2.12. The summed E-state index contributed by atoms with van der Waals surface area (Å²) in [6, 6.07) is 7.29. The summed E-state index contributed by atoms with van der Waals surface area (Å²) in [6.07, 6.45) is 0.258. The van der Waals surface area contributed by atoms with Gasteiger partial charge in [-0.15, -0.1) is 11.3 Å². The summed E-state index contributed by atoms with van der Waals surface area (Å²) in [5, 5.41) is 0. The number of aryl methyl sites for hydroxylation is 1. The first-order valence-electron chi connectivity index (χ1n) is 6.86. The van der Waals surface area contributed by atoms with E-state index in [-0.39, 0.29) is 18.4 Å². The van der Waals surface area contributed by atoms with E-state index in [0.717, 1.165) is 26.2 Å². The van der Waals surface area contributed by atoms with Gasteiger partial charge in [0.05, 0.1) is 31.9 Å². The molecule has 0 aliphatic heterocycles. The molecule has 0 N–H and O–H groups in total. The number of rotatable bonds is 6. The van der Waals surface area contributed by atoms with E-state index in [0.29, 0.717) is 5.56 Å². The zero-order valence-corrected chi connectivity index (χ0v) is 14.8. The van der Waals surface area contributed by atoms with E-state index in [1.54, 1.807) is 23.9 Å². The molecule has 0 radical (unpaired) electrons. The molecule has 0 saturated heterocycles. The lowest BCUT2D eigenvalue weighted by Gasteiger charge is -2.02. The van der Waals surface area contributed by atoms with Crippen molar-refractivity contribution in [3.05, 3.63) is 46.0 Å². The number of hydrogen-bond donors (Lipinski definition) is 0. The van der Waals surface area contributed by atoms with Gasteiger partial charge in [0.15, 0.2) is 4.34 Å². The Labute approximate surface area is 143 Å². The number of aromatic nitrogens is 1. The van der Waals surface area contributed by atoms with Gasteiger partial charge < -0.3 is 9.47 Å². The third-order valence-corrected chi connectivity index (χ3v) is 5.51. The fourth-order valence-corrected chi connectivity index (χ4v) is 4.01. The highest BCUT2D eigenvalue weighted by molar-refractivity contribution is 8.00. The first kappa shape index (κ1) is 17.5. The zero-order valence-electron chi connectivity index (χ0n) is 13.1. The molecule has 0 bridgehead atoms. The predicted octanol–water partition coefficient (Wildman–Crippen LogP) is 3.25. The minimum Gasteiger partial charge on any atom is -0.469 e. The fourth-order valence-electron chi connectivity index (χ4n) is 1.83. The maximum absolute atomic E-state index is 11.4. The van der Waals surface area contributed by atoms with Crippen LogP contribution in [0.25, 0.3) is 0 Å². The number of ether oxygens (including phenoxy) is 2. The van der Waals surface area contributed by atoms with Crippen LogP contribution in [0.5, 0.6) is 0 Å². The summed E-state index contributed by atoms with van der Waals surface area (Å²) in [6.45, 7) is 1.89. The van der Waals surface area contributed by atoms with Crippen molar-refractivity contribution in [3.8, 4) is 0 Å². The van der Waals surface area contributed by atoms with Crippen LogP contribution < -0.4 is 0 Å². The van der Waals surface area contributed by atoms with Crippen molar-refractivity contribution >= 4 is 35.0 Å². The van der Waals surface area contributed by atoms with E-state index < -0.39 is 0 Å². The Morgan fingerprint density at radius 2 is 1.87 bits per heavy atom. The predicted molar refractivity (Wildman–Crippen MR) is 89.9 cm³/mol. The Balaban J connectivity index is 1.97. The molecule has 0 unspecified atom stereocenters. The van der Waals surface area contributed by atoms with Crippen molar-refractivity contribution in [2.24, 2.45) is 0 Å².